The van der Waals surface area contributed by atoms with Crippen LogP contribution in [-0.2, 0) is 29.4 Å². The Labute approximate surface area is 209 Å². The quantitative estimate of drug-likeness (QED) is 0.410. The lowest BCUT2D eigenvalue weighted by atomic mass is 9.71. The zero-order chi connectivity index (χ0) is 25.9. The van der Waals surface area contributed by atoms with E-state index in [1.807, 2.05) is 16.7 Å². The van der Waals surface area contributed by atoms with Crippen molar-refractivity contribution < 1.29 is 27.1 Å². The van der Waals surface area contributed by atoms with Crippen molar-refractivity contribution in [1.82, 2.24) is 19.7 Å². The number of aryl methyl sites for hydroxylation is 1. The number of halogens is 3. The second-order valence-electron chi connectivity index (χ2n) is 9.30. The summed E-state index contributed by atoms with van der Waals surface area (Å²) in [5.74, 6) is 2.13. The van der Waals surface area contributed by atoms with Crippen LogP contribution in [0.3, 0.4) is 0 Å². The minimum atomic E-state index is -4.54. The average Bonchev–Trinajstić information content (AvgIpc) is 3.50. The number of ether oxygens (including phenoxy) is 1. The van der Waals surface area contributed by atoms with Crippen LogP contribution in [0.2, 0.25) is 0 Å². The number of rotatable bonds is 3. The van der Waals surface area contributed by atoms with Gasteiger partial charge in [-0.2, -0.15) is 13.2 Å². The van der Waals surface area contributed by atoms with E-state index in [1.54, 1.807) is 26.3 Å². The number of carbonyl (C=O) groups excluding carboxylic acids is 1. The minimum Gasteiger partial charge on any atom is -0.496 e. The van der Waals surface area contributed by atoms with Crippen LogP contribution >= 0.6 is 0 Å². The summed E-state index contributed by atoms with van der Waals surface area (Å²) in [6.45, 7) is 2.28. The first-order valence-electron chi connectivity index (χ1n) is 11.8. The van der Waals surface area contributed by atoms with Gasteiger partial charge in [-0.1, -0.05) is 12.1 Å². The lowest BCUT2D eigenvalue weighted by molar-refractivity contribution is -0.139. The number of hydrogen-bond acceptors (Lipinski definition) is 6. The highest BCUT2D eigenvalue weighted by Gasteiger charge is 2.51. The van der Waals surface area contributed by atoms with Crippen molar-refractivity contribution in [1.29, 1.82) is 0 Å². The maximum atomic E-state index is 13.8. The molecule has 2 aliphatic heterocycles. The van der Waals surface area contributed by atoms with Crippen LogP contribution in [0.15, 0.2) is 47.0 Å². The Morgan fingerprint density at radius 3 is 2.76 bits per heavy atom. The number of fused-ring (bicyclic) bond motifs is 3. The van der Waals surface area contributed by atoms with E-state index in [1.165, 1.54) is 12.1 Å². The van der Waals surface area contributed by atoms with E-state index < -0.39 is 17.2 Å². The second-order valence-corrected chi connectivity index (χ2v) is 9.30. The SMILES string of the molecule is COc1cc(-c2nnc3n2CCCC32Cc3c(cccc3C(F)(F)F)NC2=O)ccc1-c1cnc(C)o1. The normalized spacial score (nSPS) is 18.9. The van der Waals surface area contributed by atoms with Crippen molar-refractivity contribution in [2.45, 2.75) is 44.3 Å². The third-order valence-corrected chi connectivity index (χ3v) is 7.15. The Bertz CT molecular complexity index is 1540. The maximum absolute atomic E-state index is 13.8. The standard InChI is InChI=1S/C26H22F3N5O3/c1-14-30-13-21(37-14)16-8-7-15(11-20(16)36-2)22-32-33-23-25(9-4-10-34(22)23)12-17-18(26(27,28)29)5-3-6-19(17)31-24(25)35/h3,5-8,11,13H,4,9-10,12H2,1-2H3,(H,31,35). The summed E-state index contributed by atoms with van der Waals surface area (Å²) in [6.07, 6.45) is -2.07. The first kappa shape index (κ1) is 23.3. The van der Waals surface area contributed by atoms with E-state index in [0.717, 1.165) is 6.07 Å². The third kappa shape index (κ3) is 3.59. The third-order valence-electron chi connectivity index (χ3n) is 7.15. The van der Waals surface area contributed by atoms with Crippen LogP contribution in [-0.4, -0.2) is 32.8 Å². The topological polar surface area (TPSA) is 95.1 Å². The van der Waals surface area contributed by atoms with Gasteiger partial charge in [0.15, 0.2) is 17.5 Å². The van der Waals surface area contributed by atoms with Gasteiger partial charge in [0.1, 0.15) is 17.0 Å². The predicted molar refractivity (Wildman–Crippen MR) is 127 cm³/mol. The molecule has 0 bridgehead atoms. The van der Waals surface area contributed by atoms with Crippen LogP contribution in [0.25, 0.3) is 22.7 Å². The van der Waals surface area contributed by atoms with E-state index in [2.05, 4.69) is 20.5 Å². The number of methoxy groups -OCH3 is 1. The number of carbonyl (C=O) groups is 1. The Balaban J connectivity index is 1.44. The van der Waals surface area contributed by atoms with Gasteiger partial charge in [0.25, 0.3) is 0 Å². The fourth-order valence-electron chi connectivity index (χ4n) is 5.42. The van der Waals surface area contributed by atoms with Gasteiger partial charge in [-0.05, 0) is 49.1 Å². The van der Waals surface area contributed by atoms with Crippen LogP contribution in [0, 0.1) is 6.92 Å². The number of anilines is 1. The number of nitrogens with zero attached hydrogens (tertiary/aromatic N) is 4. The highest BCUT2D eigenvalue weighted by Crippen LogP contribution is 2.47. The van der Waals surface area contributed by atoms with Gasteiger partial charge >= 0.3 is 6.18 Å². The summed E-state index contributed by atoms with van der Waals surface area (Å²) in [6, 6.07) is 9.31. The van der Waals surface area contributed by atoms with Crippen molar-refractivity contribution in [2.24, 2.45) is 0 Å². The molecule has 2 aromatic carbocycles. The summed E-state index contributed by atoms with van der Waals surface area (Å²) in [5, 5.41) is 11.5. The van der Waals surface area contributed by atoms with Gasteiger partial charge in [0.2, 0.25) is 5.91 Å². The molecule has 0 fully saturated rings. The number of amides is 1. The molecule has 4 aromatic rings. The number of benzene rings is 2. The van der Waals surface area contributed by atoms with Crippen molar-refractivity contribution in [2.75, 3.05) is 12.4 Å². The first-order chi connectivity index (χ1) is 17.7. The van der Waals surface area contributed by atoms with E-state index in [9.17, 15) is 18.0 Å². The molecule has 0 saturated carbocycles. The summed E-state index contributed by atoms with van der Waals surface area (Å²) in [7, 11) is 1.54. The smallest absolute Gasteiger partial charge is 0.416 e. The molecule has 0 radical (unpaired) electrons. The zero-order valence-electron chi connectivity index (χ0n) is 20.0. The molecule has 1 spiro atoms. The average molecular weight is 509 g/mol. The summed E-state index contributed by atoms with van der Waals surface area (Å²) < 4.78 is 54.5. The minimum absolute atomic E-state index is 0.0703. The van der Waals surface area contributed by atoms with E-state index in [4.69, 9.17) is 9.15 Å². The molecule has 0 saturated heterocycles. The molecular weight excluding hydrogens is 487 g/mol. The van der Waals surface area contributed by atoms with Crippen molar-refractivity contribution in [3.8, 4) is 28.5 Å². The van der Waals surface area contributed by atoms with Crippen LogP contribution < -0.4 is 10.1 Å². The van der Waals surface area contributed by atoms with Gasteiger partial charge in [-0.15, -0.1) is 10.2 Å². The fourth-order valence-corrected chi connectivity index (χ4v) is 5.42. The lowest BCUT2D eigenvalue weighted by Crippen LogP contribution is -2.49. The molecule has 1 N–H and O–H groups in total. The highest BCUT2D eigenvalue weighted by molar-refractivity contribution is 6.02. The molecule has 1 amide bonds. The highest BCUT2D eigenvalue weighted by atomic mass is 19.4. The molecule has 37 heavy (non-hydrogen) atoms. The van der Waals surface area contributed by atoms with E-state index in [-0.39, 0.29) is 23.6 Å². The van der Waals surface area contributed by atoms with E-state index in [0.29, 0.717) is 59.6 Å². The summed E-state index contributed by atoms with van der Waals surface area (Å²) >= 11 is 0. The number of oxazole rings is 1. The Kier molecular flexibility index (Phi) is 5.15. The Morgan fingerprint density at radius 1 is 1.19 bits per heavy atom. The van der Waals surface area contributed by atoms with E-state index >= 15 is 0 Å². The number of alkyl halides is 3. The molecule has 1 unspecified atom stereocenters. The number of aromatic nitrogens is 4. The Morgan fingerprint density at radius 2 is 2.03 bits per heavy atom. The molecule has 11 heteroatoms. The predicted octanol–water partition coefficient (Wildman–Crippen LogP) is 5.16. The molecule has 4 heterocycles. The van der Waals surface area contributed by atoms with Crippen molar-refractivity contribution in [3.63, 3.8) is 0 Å². The molecule has 8 nitrogen and oxygen atoms in total. The summed E-state index contributed by atoms with van der Waals surface area (Å²) in [4.78, 5) is 17.5. The largest absolute Gasteiger partial charge is 0.496 e. The molecule has 0 aliphatic carbocycles. The van der Waals surface area contributed by atoms with Gasteiger partial charge in [0.05, 0.1) is 24.4 Å². The zero-order valence-corrected chi connectivity index (χ0v) is 20.0. The van der Waals surface area contributed by atoms with Crippen molar-refractivity contribution in [3.05, 3.63) is 65.4 Å². The Hall–Kier alpha value is -4.15. The lowest BCUT2D eigenvalue weighted by Gasteiger charge is -2.40. The van der Waals surface area contributed by atoms with Gasteiger partial charge in [-0.25, -0.2) is 4.98 Å². The number of nitrogens with one attached hydrogen (secondary N) is 1. The molecule has 2 aliphatic rings. The summed E-state index contributed by atoms with van der Waals surface area (Å²) in [5.41, 5.74) is -0.334. The van der Waals surface area contributed by atoms with Crippen LogP contribution in [0.4, 0.5) is 18.9 Å². The van der Waals surface area contributed by atoms with Gasteiger partial charge < -0.3 is 19.0 Å². The number of hydrogen-bond donors (Lipinski definition) is 1. The second kappa shape index (κ2) is 8.19. The van der Waals surface area contributed by atoms with Crippen LogP contribution in [0.5, 0.6) is 5.75 Å². The molecule has 2 aromatic heterocycles. The molecule has 1 atom stereocenters. The van der Waals surface area contributed by atoms with Gasteiger partial charge in [0, 0.05) is 24.7 Å². The van der Waals surface area contributed by atoms with Crippen LogP contribution in [0.1, 0.15) is 35.7 Å². The molecule has 190 valence electrons. The first-order valence-corrected chi connectivity index (χ1v) is 11.8. The fraction of sp³-hybridized carbons (Fsp3) is 0.308. The monoisotopic (exact) mass is 509 g/mol. The van der Waals surface area contributed by atoms with Crippen molar-refractivity contribution >= 4 is 11.6 Å². The van der Waals surface area contributed by atoms with Gasteiger partial charge in [-0.3, -0.25) is 4.79 Å². The molecule has 6 rings (SSSR count). The molecular formula is C26H22F3N5O3. The maximum Gasteiger partial charge on any atom is 0.416 e.